The molecule has 1 saturated heterocycles. The molecule has 6 nitrogen and oxygen atoms in total. The van der Waals surface area contributed by atoms with Gasteiger partial charge in [0, 0.05) is 48.8 Å². The molecule has 0 bridgehead atoms. The Balaban J connectivity index is 1.42. The molecule has 0 spiro atoms. The van der Waals surface area contributed by atoms with Crippen molar-refractivity contribution in [2.75, 3.05) is 41.3 Å². The van der Waals surface area contributed by atoms with Crippen LogP contribution in [-0.4, -0.2) is 42.1 Å². The first kappa shape index (κ1) is 18.3. The number of carbonyl (C=O) groups excluding carboxylic acids is 1. The predicted molar refractivity (Wildman–Crippen MR) is 112 cm³/mol. The molecule has 4 rings (SSSR count). The number of rotatable bonds is 4. The number of piperazine rings is 1. The Morgan fingerprint density at radius 1 is 0.929 bits per heavy atom. The van der Waals surface area contributed by atoms with E-state index in [4.69, 9.17) is 11.6 Å². The highest BCUT2D eigenvalue weighted by Crippen LogP contribution is 2.19. The fourth-order valence-electron chi connectivity index (χ4n) is 3.19. The third-order valence-electron chi connectivity index (χ3n) is 4.64. The second-order valence-electron chi connectivity index (χ2n) is 6.52. The molecule has 1 fully saturated rings. The Hall–Kier alpha value is -3.12. The van der Waals surface area contributed by atoms with Crippen molar-refractivity contribution in [3.05, 3.63) is 77.6 Å². The Bertz CT molecular complexity index is 958. The molecule has 3 aromatic rings. The van der Waals surface area contributed by atoms with Crippen LogP contribution in [0.15, 0.2) is 66.9 Å². The van der Waals surface area contributed by atoms with E-state index in [9.17, 15) is 4.79 Å². The first-order valence-corrected chi connectivity index (χ1v) is 9.52. The third-order valence-corrected chi connectivity index (χ3v) is 4.88. The molecule has 0 atom stereocenters. The second-order valence-corrected chi connectivity index (χ2v) is 6.95. The first-order chi connectivity index (χ1) is 13.7. The largest absolute Gasteiger partial charge is 0.368 e. The number of halogens is 1. The van der Waals surface area contributed by atoms with Crippen LogP contribution >= 0.6 is 11.6 Å². The van der Waals surface area contributed by atoms with Gasteiger partial charge in [-0.05, 0) is 36.4 Å². The predicted octanol–water partition coefficient (Wildman–Crippen LogP) is 3.71. The van der Waals surface area contributed by atoms with E-state index >= 15 is 0 Å². The number of benzene rings is 2. The zero-order valence-electron chi connectivity index (χ0n) is 15.3. The molecule has 2 heterocycles. The van der Waals surface area contributed by atoms with Crippen LogP contribution < -0.4 is 15.1 Å². The molecule has 1 N–H and O–H groups in total. The monoisotopic (exact) mass is 393 g/mol. The summed E-state index contributed by atoms with van der Waals surface area (Å²) in [6.45, 7) is 3.36. The molecule has 7 heteroatoms. The number of hydrogen-bond acceptors (Lipinski definition) is 5. The van der Waals surface area contributed by atoms with Crippen molar-refractivity contribution in [1.82, 2.24) is 9.97 Å². The van der Waals surface area contributed by atoms with Gasteiger partial charge < -0.3 is 15.1 Å². The van der Waals surface area contributed by atoms with Crippen LogP contribution in [0.4, 0.5) is 17.3 Å². The van der Waals surface area contributed by atoms with E-state index in [0.29, 0.717) is 22.4 Å². The lowest BCUT2D eigenvalue weighted by atomic mass is 10.2. The van der Waals surface area contributed by atoms with Crippen LogP contribution in [0.2, 0.25) is 5.02 Å². The van der Waals surface area contributed by atoms with E-state index < -0.39 is 0 Å². The molecule has 0 aliphatic carbocycles. The maximum absolute atomic E-state index is 12.5. The maximum atomic E-state index is 12.5. The summed E-state index contributed by atoms with van der Waals surface area (Å²) < 4.78 is 0. The van der Waals surface area contributed by atoms with Crippen LogP contribution in [0.3, 0.4) is 0 Å². The lowest BCUT2D eigenvalue weighted by molar-refractivity contribution is 0.102. The second kappa shape index (κ2) is 8.27. The van der Waals surface area contributed by atoms with Crippen LogP contribution in [0.1, 0.15) is 10.5 Å². The molecule has 1 amide bonds. The molecule has 1 aliphatic heterocycles. The van der Waals surface area contributed by atoms with Gasteiger partial charge in [0.1, 0.15) is 5.69 Å². The van der Waals surface area contributed by atoms with Gasteiger partial charge in [0.25, 0.3) is 5.91 Å². The zero-order chi connectivity index (χ0) is 19.3. The minimum atomic E-state index is -0.283. The summed E-state index contributed by atoms with van der Waals surface area (Å²) in [6.07, 6.45) is 1.62. The Morgan fingerprint density at radius 2 is 1.68 bits per heavy atom. The molecule has 1 aliphatic rings. The summed E-state index contributed by atoms with van der Waals surface area (Å²) in [5.41, 5.74) is 2.18. The summed E-state index contributed by atoms with van der Waals surface area (Å²) in [5.74, 6) is 0.292. The number of nitrogens with zero attached hydrogens (tertiary/aromatic N) is 4. The molecule has 0 saturated carbocycles. The molecule has 142 valence electrons. The van der Waals surface area contributed by atoms with E-state index in [1.54, 1.807) is 36.5 Å². The number of hydrogen-bond donors (Lipinski definition) is 1. The number of para-hydroxylation sites is 1. The van der Waals surface area contributed by atoms with E-state index in [1.807, 2.05) is 18.2 Å². The number of amides is 1. The van der Waals surface area contributed by atoms with E-state index in [0.717, 1.165) is 26.2 Å². The van der Waals surface area contributed by atoms with Gasteiger partial charge in [0.15, 0.2) is 0 Å². The van der Waals surface area contributed by atoms with Gasteiger partial charge in [0.05, 0.1) is 0 Å². The highest BCUT2D eigenvalue weighted by molar-refractivity contribution is 6.30. The molecular formula is C21H20ClN5O. The summed E-state index contributed by atoms with van der Waals surface area (Å²) in [4.78, 5) is 25.8. The van der Waals surface area contributed by atoms with Crippen molar-refractivity contribution in [1.29, 1.82) is 0 Å². The molecule has 0 radical (unpaired) electrons. The van der Waals surface area contributed by atoms with E-state index in [1.165, 1.54) is 5.69 Å². The van der Waals surface area contributed by atoms with Gasteiger partial charge in [-0.15, -0.1) is 0 Å². The Labute approximate surface area is 168 Å². The minimum Gasteiger partial charge on any atom is -0.368 e. The molecule has 0 unspecified atom stereocenters. The van der Waals surface area contributed by atoms with E-state index in [-0.39, 0.29) is 5.91 Å². The number of nitrogens with one attached hydrogen (secondary N) is 1. The number of carbonyl (C=O) groups is 1. The van der Waals surface area contributed by atoms with Gasteiger partial charge in [-0.25, -0.2) is 9.97 Å². The molecule has 28 heavy (non-hydrogen) atoms. The van der Waals surface area contributed by atoms with Crippen molar-refractivity contribution < 1.29 is 4.79 Å². The zero-order valence-corrected chi connectivity index (χ0v) is 16.0. The van der Waals surface area contributed by atoms with Crippen molar-refractivity contribution in [3.63, 3.8) is 0 Å². The maximum Gasteiger partial charge on any atom is 0.274 e. The smallest absolute Gasteiger partial charge is 0.274 e. The van der Waals surface area contributed by atoms with Crippen molar-refractivity contribution in [2.24, 2.45) is 0 Å². The fourth-order valence-corrected chi connectivity index (χ4v) is 3.38. The van der Waals surface area contributed by atoms with Gasteiger partial charge in [-0.2, -0.15) is 0 Å². The lowest BCUT2D eigenvalue weighted by Gasteiger charge is -2.36. The van der Waals surface area contributed by atoms with Crippen LogP contribution in [0.25, 0.3) is 0 Å². The van der Waals surface area contributed by atoms with Crippen LogP contribution in [-0.2, 0) is 0 Å². The topological polar surface area (TPSA) is 61.4 Å². The van der Waals surface area contributed by atoms with Crippen LogP contribution in [0, 0.1) is 0 Å². The van der Waals surface area contributed by atoms with Gasteiger partial charge in [-0.1, -0.05) is 35.9 Å². The van der Waals surface area contributed by atoms with Crippen LogP contribution in [0.5, 0.6) is 0 Å². The standard InChI is InChI=1S/C21H20ClN5O/c22-16-5-4-6-17(15-16)24-20(28)19-9-10-23-21(25-19)27-13-11-26(12-14-27)18-7-2-1-3-8-18/h1-10,15H,11-14H2,(H,24,28). The third kappa shape index (κ3) is 4.23. The molecule has 2 aromatic carbocycles. The van der Waals surface area contributed by atoms with Gasteiger partial charge >= 0.3 is 0 Å². The number of anilines is 3. The molecular weight excluding hydrogens is 374 g/mol. The van der Waals surface area contributed by atoms with E-state index in [2.05, 4.69) is 37.2 Å². The highest BCUT2D eigenvalue weighted by Gasteiger charge is 2.20. The van der Waals surface area contributed by atoms with Gasteiger partial charge in [-0.3, -0.25) is 4.79 Å². The Morgan fingerprint density at radius 3 is 2.43 bits per heavy atom. The fraction of sp³-hybridized carbons (Fsp3) is 0.190. The van der Waals surface area contributed by atoms with Crippen molar-refractivity contribution in [2.45, 2.75) is 0 Å². The quantitative estimate of drug-likeness (QED) is 0.732. The number of aromatic nitrogens is 2. The lowest BCUT2D eigenvalue weighted by Crippen LogP contribution is -2.47. The average Bonchev–Trinajstić information content (AvgIpc) is 2.75. The summed E-state index contributed by atoms with van der Waals surface area (Å²) >= 11 is 5.97. The first-order valence-electron chi connectivity index (χ1n) is 9.14. The SMILES string of the molecule is O=C(Nc1cccc(Cl)c1)c1ccnc(N2CCN(c3ccccc3)CC2)n1. The molecule has 1 aromatic heterocycles. The Kier molecular flexibility index (Phi) is 5.39. The van der Waals surface area contributed by atoms with Crippen molar-refractivity contribution in [3.8, 4) is 0 Å². The summed E-state index contributed by atoms with van der Waals surface area (Å²) in [7, 11) is 0. The summed E-state index contributed by atoms with van der Waals surface area (Å²) in [5, 5.41) is 3.38. The normalized spacial score (nSPS) is 14.0. The summed E-state index contributed by atoms with van der Waals surface area (Å²) in [6, 6.07) is 19.0. The minimum absolute atomic E-state index is 0.283. The van der Waals surface area contributed by atoms with Crippen molar-refractivity contribution >= 4 is 34.8 Å². The highest BCUT2D eigenvalue weighted by atomic mass is 35.5. The average molecular weight is 394 g/mol. The van der Waals surface area contributed by atoms with Gasteiger partial charge in [0.2, 0.25) is 5.95 Å².